The van der Waals surface area contributed by atoms with Crippen LogP contribution in [0.4, 0.5) is 18.9 Å². The number of hydrogen-bond donors (Lipinski definition) is 2. The summed E-state index contributed by atoms with van der Waals surface area (Å²) in [4.78, 5) is 27.3. The monoisotopic (exact) mass is 439 g/mol. The molecule has 0 saturated carbocycles. The Bertz CT molecular complexity index is 1550. The van der Waals surface area contributed by atoms with E-state index in [0.717, 1.165) is 6.20 Å². The molecule has 5 aromatic rings. The molecule has 0 aliphatic rings. The maximum atomic E-state index is 14.0. The third kappa shape index (κ3) is 3.20. The summed E-state index contributed by atoms with van der Waals surface area (Å²) in [5.41, 5.74) is -1.54. The molecule has 8 nitrogen and oxygen atoms in total. The number of aromatic nitrogens is 4. The first-order valence-electron chi connectivity index (χ1n) is 9.24. The van der Waals surface area contributed by atoms with Gasteiger partial charge in [0.25, 0.3) is 11.5 Å². The number of carbonyl (C=O) groups excluding carboxylic acids is 1. The third-order valence-electron chi connectivity index (χ3n) is 4.92. The second-order valence-corrected chi connectivity index (χ2v) is 6.90. The van der Waals surface area contributed by atoms with Crippen LogP contribution in [-0.2, 0) is 6.18 Å². The molecule has 0 atom stereocenters. The van der Waals surface area contributed by atoms with E-state index < -0.39 is 28.9 Å². The van der Waals surface area contributed by atoms with Crippen molar-refractivity contribution >= 4 is 33.3 Å². The van der Waals surface area contributed by atoms with Crippen LogP contribution < -0.4 is 10.9 Å². The van der Waals surface area contributed by atoms with E-state index in [-0.39, 0.29) is 22.1 Å². The van der Waals surface area contributed by atoms with Crippen LogP contribution in [0, 0.1) is 0 Å². The van der Waals surface area contributed by atoms with Gasteiger partial charge >= 0.3 is 6.18 Å². The fourth-order valence-corrected chi connectivity index (χ4v) is 3.51. The van der Waals surface area contributed by atoms with Crippen molar-refractivity contribution in [2.75, 3.05) is 5.32 Å². The molecule has 1 amide bonds. The fourth-order valence-electron chi connectivity index (χ4n) is 3.51. The summed E-state index contributed by atoms with van der Waals surface area (Å²) < 4.78 is 47.6. The molecule has 0 spiro atoms. The number of anilines is 1. The molecule has 0 fully saturated rings. The first-order valence-corrected chi connectivity index (χ1v) is 9.24. The summed E-state index contributed by atoms with van der Waals surface area (Å²) >= 11 is 0. The summed E-state index contributed by atoms with van der Waals surface area (Å²) in [5, 5.41) is 11.1. The lowest BCUT2D eigenvalue weighted by Crippen LogP contribution is -2.21. The van der Waals surface area contributed by atoms with E-state index in [9.17, 15) is 22.8 Å². The minimum atomic E-state index is -4.90. The molecule has 3 aromatic heterocycles. The molecule has 160 valence electrons. The SMILES string of the molecule is O=C(Nc1ccc2nocc2c1)c1cnn(-c2cccc3c(=O)[nH]ccc23)c1C(F)(F)F. The second-order valence-electron chi connectivity index (χ2n) is 6.90. The lowest BCUT2D eigenvalue weighted by atomic mass is 10.1. The highest BCUT2D eigenvalue weighted by Gasteiger charge is 2.41. The molecule has 2 N–H and O–H groups in total. The Morgan fingerprint density at radius 1 is 1.12 bits per heavy atom. The highest BCUT2D eigenvalue weighted by Crippen LogP contribution is 2.35. The van der Waals surface area contributed by atoms with E-state index in [4.69, 9.17) is 4.52 Å². The number of H-pyrrole nitrogens is 1. The number of benzene rings is 2. The van der Waals surface area contributed by atoms with Crippen molar-refractivity contribution in [2.45, 2.75) is 6.18 Å². The van der Waals surface area contributed by atoms with Crippen LogP contribution in [0.1, 0.15) is 16.1 Å². The van der Waals surface area contributed by atoms with E-state index in [1.807, 2.05) is 0 Å². The van der Waals surface area contributed by atoms with Gasteiger partial charge < -0.3 is 14.8 Å². The molecule has 0 aliphatic heterocycles. The number of pyridine rings is 1. The quantitative estimate of drug-likeness (QED) is 0.440. The maximum Gasteiger partial charge on any atom is 0.434 e. The number of nitrogens with zero attached hydrogens (tertiary/aromatic N) is 3. The minimum Gasteiger partial charge on any atom is -0.364 e. The van der Waals surface area contributed by atoms with Gasteiger partial charge in [-0.05, 0) is 36.4 Å². The van der Waals surface area contributed by atoms with Crippen molar-refractivity contribution in [1.82, 2.24) is 19.9 Å². The number of halogens is 3. The first-order chi connectivity index (χ1) is 15.3. The van der Waals surface area contributed by atoms with E-state index in [1.54, 1.807) is 6.07 Å². The molecule has 0 bridgehead atoms. The van der Waals surface area contributed by atoms with Crippen molar-refractivity contribution in [2.24, 2.45) is 0 Å². The van der Waals surface area contributed by atoms with E-state index in [2.05, 4.69) is 20.6 Å². The molecule has 2 aromatic carbocycles. The number of rotatable bonds is 3. The van der Waals surface area contributed by atoms with Gasteiger partial charge in [-0.2, -0.15) is 18.3 Å². The molecule has 0 aliphatic carbocycles. The molecule has 0 unspecified atom stereocenters. The second kappa shape index (κ2) is 7.08. The zero-order chi connectivity index (χ0) is 22.5. The van der Waals surface area contributed by atoms with Crippen molar-refractivity contribution in [3.8, 4) is 5.69 Å². The van der Waals surface area contributed by atoms with Crippen molar-refractivity contribution in [3.05, 3.63) is 82.7 Å². The van der Waals surface area contributed by atoms with Crippen molar-refractivity contribution in [3.63, 3.8) is 0 Å². The molecule has 5 rings (SSSR count). The lowest BCUT2D eigenvalue weighted by molar-refractivity contribution is -0.143. The number of hydrogen-bond acceptors (Lipinski definition) is 5. The Labute approximate surface area is 176 Å². The zero-order valence-corrected chi connectivity index (χ0v) is 16.0. The van der Waals surface area contributed by atoms with Gasteiger partial charge in [-0.1, -0.05) is 11.2 Å². The maximum absolute atomic E-state index is 14.0. The normalized spacial score (nSPS) is 11.8. The van der Waals surface area contributed by atoms with Gasteiger partial charge in [-0.15, -0.1) is 0 Å². The van der Waals surface area contributed by atoms with Crippen LogP contribution in [0.15, 0.2) is 70.4 Å². The highest BCUT2D eigenvalue weighted by atomic mass is 19.4. The number of aromatic amines is 1. The summed E-state index contributed by atoms with van der Waals surface area (Å²) in [6.07, 6.45) is -1.36. The Kier molecular flexibility index (Phi) is 4.33. The van der Waals surface area contributed by atoms with Gasteiger partial charge in [-0.25, -0.2) is 4.68 Å². The molecule has 32 heavy (non-hydrogen) atoms. The number of nitrogens with one attached hydrogen (secondary N) is 2. The predicted molar refractivity (Wildman–Crippen MR) is 109 cm³/mol. The largest absolute Gasteiger partial charge is 0.434 e. The topological polar surface area (TPSA) is 106 Å². The van der Waals surface area contributed by atoms with Crippen molar-refractivity contribution in [1.29, 1.82) is 0 Å². The van der Waals surface area contributed by atoms with Gasteiger partial charge in [0.2, 0.25) is 0 Å². The molecule has 11 heteroatoms. The van der Waals surface area contributed by atoms with Gasteiger partial charge in [0, 0.05) is 28.0 Å². The molecular weight excluding hydrogens is 427 g/mol. The Morgan fingerprint density at radius 2 is 1.97 bits per heavy atom. The van der Waals surface area contributed by atoms with Gasteiger partial charge in [-0.3, -0.25) is 9.59 Å². The van der Waals surface area contributed by atoms with Crippen molar-refractivity contribution < 1.29 is 22.5 Å². The Balaban J connectivity index is 1.61. The Hall–Kier alpha value is -4.41. The summed E-state index contributed by atoms with van der Waals surface area (Å²) in [6.45, 7) is 0. The van der Waals surface area contributed by atoms with Crippen LogP contribution in [-0.4, -0.2) is 25.8 Å². The number of alkyl halides is 3. The standard InChI is InChI=1S/C21H12F3N5O3/c22-21(23,24)18-15(20(31)27-12-4-5-16-11(8-12)10-32-28-16)9-26-29(18)17-3-1-2-14-13(17)6-7-25-19(14)30/h1-10H,(H,25,30)(H,27,31). The van der Waals surface area contributed by atoms with E-state index in [1.165, 1.54) is 48.9 Å². The van der Waals surface area contributed by atoms with Crippen LogP contribution in [0.3, 0.4) is 0 Å². The minimum absolute atomic E-state index is 0.0193. The lowest BCUT2D eigenvalue weighted by Gasteiger charge is -2.14. The Morgan fingerprint density at radius 3 is 2.78 bits per heavy atom. The third-order valence-corrected chi connectivity index (χ3v) is 4.92. The van der Waals surface area contributed by atoms with Gasteiger partial charge in [0.15, 0.2) is 5.69 Å². The summed E-state index contributed by atoms with van der Waals surface area (Å²) in [6, 6.07) is 10.4. The molecule has 3 heterocycles. The zero-order valence-electron chi connectivity index (χ0n) is 16.0. The van der Waals surface area contributed by atoms with E-state index in [0.29, 0.717) is 15.6 Å². The van der Waals surface area contributed by atoms with E-state index >= 15 is 0 Å². The molecule has 0 radical (unpaired) electrons. The fraction of sp³-hybridized carbons (Fsp3) is 0.0476. The predicted octanol–water partition coefficient (Wildman–Crippen LogP) is 4.13. The molecule has 0 saturated heterocycles. The van der Waals surface area contributed by atoms with Crippen LogP contribution in [0.25, 0.3) is 27.4 Å². The number of fused-ring (bicyclic) bond motifs is 2. The molecular formula is C21H12F3N5O3. The summed E-state index contributed by atoms with van der Waals surface area (Å²) in [5.74, 6) is -0.988. The smallest absolute Gasteiger partial charge is 0.364 e. The number of amides is 1. The first kappa shape index (κ1) is 19.5. The number of carbonyl (C=O) groups is 1. The van der Waals surface area contributed by atoms with Gasteiger partial charge in [0.1, 0.15) is 11.8 Å². The van der Waals surface area contributed by atoms with Gasteiger partial charge in [0.05, 0.1) is 17.4 Å². The average molecular weight is 439 g/mol. The van der Waals surface area contributed by atoms with Crippen LogP contribution >= 0.6 is 0 Å². The van der Waals surface area contributed by atoms with Crippen LogP contribution in [0.5, 0.6) is 0 Å². The van der Waals surface area contributed by atoms with Crippen LogP contribution in [0.2, 0.25) is 0 Å². The summed E-state index contributed by atoms with van der Waals surface area (Å²) in [7, 11) is 0. The highest BCUT2D eigenvalue weighted by molar-refractivity contribution is 6.06. The average Bonchev–Trinajstić information content (AvgIpc) is 3.40.